The molecule has 1 amide bonds. The van der Waals surface area contributed by atoms with Gasteiger partial charge in [-0.25, -0.2) is 0 Å². The van der Waals surface area contributed by atoms with E-state index in [0.29, 0.717) is 5.76 Å². The van der Waals surface area contributed by atoms with Crippen molar-refractivity contribution in [2.45, 2.75) is 40.0 Å². The van der Waals surface area contributed by atoms with E-state index in [1.165, 1.54) is 5.56 Å². The zero-order chi connectivity index (χ0) is 18.8. The summed E-state index contributed by atoms with van der Waals surface area (Å²) in [6.07, 6.45) is 2.45. The Morgan fingerprint density at radius 3 is 2.69 bits per heavy atom. The van der Waals surface area contributed by atoms with Gasteiger partial charge in [0.15, 0.2) is 10.9 Å². The highest BCUT2D eigenvalue weighted by Crippen LogP contribution is 2.30. The first-order chi connectivity index (χ1) is 12.4. The molecular weight excluding hydrogens is 348 g/mol. The SMILES string of the molecule is Cc1ccc(NC(=O)c2oc3c(c2C)/C(=N/NC(N)=S)CCC3)cc1C. The van der Waals surface area contributed by atoms with Crippen molar-refractivity contribution in [3.05, 3.63) is 52.0 Å². The summed E-state index contributed by atoms with van der Waals surface area (Å²) in [4.78, 5) is 12.7. The number of nitrogens with one attached hydrogen (secondary N) is 2. The third-order valence-corrected chi connectivity index (χ3v) is 4.69. The summed E-state index contributed by atoms with van der Waals surface area (Å²) >= 11 is 4.81. The summed E-state index contributed by atoms with van der Waals surface area (Å²) < 4.78 is 5.88. The normalized spacial score (nSPS) is 14.8. The van der Waals surface area contributed by atoms with Gasteiger partial charge >= 0.3 is 0 Å². The Morgan fingerprint density at radius 1 is 1.23 bits per heavy atom. The molecule has 1 aromatic heterocycles. The van der Waals surface area contributed by atoms with E-state index in [1.807, 2.05) is 39.0 Å². The average molecular weight is 370 g/mol. The van der Waals surface area contributed by atoms with Gasteiger partial charge in [0, 0.05) is 23.2 Å². The molecule has 0 unspecified atom stereocenters. The molecule has 1 aliphatic carbocycles. The van der Waals surface area contributed by atoms with Crippen LogP contribution in [-0.4, -0.2) is 16.7 Å². The molecule has 26 heavy (non-hydrogen) atoms. The van der Waals surface area contributed by atoms with E-state index in [2.05, 4.69) is 15.8 Å². The van der Waals surface area contributed by atoms with Crippen molar-refractivity contribution in [1.29, 1.82) is 0 Å². The van der Waals surface area contributed by atoms with Gasteiger partial charge < -0.3 is 15.5 Å². The number of nitrogens with two attached hydrogens (primary N) is 1. The van der Waals surface area contributed by atoms with Crippen LogP contribution in [0, 0.1) is 20.8 Å². The fourth-order valence-electron chi connectivity index (χ4n) is 3.13. The predicted molar refractivity (Wildman–Crippen MR) is 107 cm³/mol. The van der Waals surface area contributed by atoms with Gasteiger partial charge in [-0.3, -0.25) is 10.2 Å². The quantitative estimate of drug-likeness (QED) is 0.569. The molecule has 0 fully saturated rings. The first-order valence-electron chi connectivity index (χ1n) is 8.50. The summed E-state index contributed by atoms with van der Waals surface area (Å²) in [6.45, 7) is 5.92. The number of carbonyl (C=O) groups excluding carboxylic acids is 1. The largest absolute Gasteiger partial charge is 0.455 e. The van der Waals surface area contributed by atoms with Crippen molar-refractivity contribution in [3.8, 4) is 0 Å². The van der Waals surface area contributed by atoms with Gasteiger partial charge in [0.05, 0.1) is 5.71 Å². The second-order valence-electron chi connectivity index (χ2n) is 6.50. The zero-order valence-electron chi connectivity index (χ0n) is 15.1. The Bertz CT molecular complexity index is 915. The predicted octanol–water partition coefficient (Wildman–Crippen LogP) is 3.33. The Balaban J connectivity index is 1.89. The minimum Gasteiger partial charge on any atom is -0.455 e. The number of hydrogen-bond acceptors (Lipinski definition) is 4. The Labute approximate surface area is 157 Å². The lowest BCUT2D eigenvalue weighted by Crippen LogP contribution is -2.26. The van der Waals surface area contributed by atoms with Gasteiger partial charge in [-0.15, -0.1) is 0 Å². The van der Waals surface area contributed by atoms with Crippen LogP contribution in [0.25, 0.3) is 0 Å². The number of hydrogen-bond donors (Lipinski definition) is 3. The summed E-state index contributed by atoms with van der Waals surface area (Å²) in [5, 5.41) is 7.29. The standard InChI is InChI=1S/C19H22N4O2S/c1-10-7-8-13(9-11(10)2)21-18(24)17-12(3)16-14(22-23-19(20)26)5-4-6-15(16)25-17/h7-9H,4-6H2,1-3H3,(H,21,24)(H3,20,23,26)/b22-14+. The van der Waals surface area contributed by atoms with Gasteiger partial charge in [0.2, 0.25) is 0 Å². The molecule has 0 aliphatic heterocycles. The van der Waals surface area contributed by atoms with Crippen LogP contribution in [0.5, 0.6) is 0 Å². The molecule has 6 nitrogen and oxygen atoms in total. The monoisotopic (exact) mass is 370 g/mol. The van der Waals surface area contributed by atoms with Gasteiger partial charge in [0.25, 0.3) is 5.91 Å². The maximum absolute atomic E-state index is 12.7. The van der Waals surface area contributed by atoms with Crippen molar-refractivity contribution in [3.63, 3.8) is 0 Å². The molecule has 4 N–H and O–H groups in total. The summed E-state index contributed by atoms with van der Waals surface area (Å²) in [6, 6.07) is 5.82. The van der Waals surface area contributed by atoms with E-state index in [4.69, 9.17) is 22.4 Å². The molecule has 1 aliphatic rings. The number of carbonyl (C=O) groups is 1. The number of furan rings is 1. The molecule has 3 rings (SSSR count). The smallest absolute Gasteiger partial charge is 0.291 e. The van der Waals surface area contributed by atoms with E-state index < -0.39 is 0 Å². The van der Waals surface area contributed by atoms with E-state index in [-0.39, 0.29) is 11.0 Å². The van der Waals surface area contributed by atoms with Crippen LogP contribution in [0.15, 0.2) is 27.7 Å². The number of rotatable bonds is 3. The zero-order valence-corrected chi connectivity index (χ0v) is 15.9. The molecule has 0 saturated heterocycles. The molecule has 0 atom stereocenters. The van der Waals surface area contributed by atoms with Gasteiger partial charge in [-0.1, -0.05) is 6.07 Å². The molecule has 136 valence electrons. The second kappa shape index (κ2) is 7.29. The maximum Gasteiger partial charge on any atom is 0.291 e. The van der Waals surface area contributed by atoms with Crippen molar-refractivity contribution >= 4 is 34.6 Å². The number of fused-ring (bicyclic) bond motifs is 1. The Hall–Kier alpha value is -2.67. The fraction of sp³-hybridized carbons (Fsp3) is 0.316. The highest BCUT2D eigenvalue weighted by molar-refractivity contribution is 7.80. The minimum atomic E-state index is -0.262. The number of hydrazone groups is 1. The number of amides is 1. The molecule has 0 bridgehead atoms. The third-order valence-electron chi connectivity index (χ3n) is 4.60. The molecule has 1 aromatic carbocycles. The number of nitrogens with zero attached hydrogens (tertiary/aromatic N) is 1. The van der Waals surface area contributed by atoms with E-state index in [0.717, 1.165) is 53.1 Å². The highest BCUT2D eigenvalue weighted by Gasteiger charge is 2.28. The lowest BCUT2D eigenvalue weighted by atomic mass is 9.93. The molecular formula is C19H22N4O2S. The van der Waals surface area contributed by atoms with E-state index >= 15 is 0 Å². The molecule has 0 radical (unpaired) electrons. The number of thiocarbonyl (C=S) groups is 1. The van der Waals surface area contributed by atoms with Crippen molar-refractivity contribution < 1.29 is 9.21 Å². The number of aryl methyl sites for hydroxylation is 3. The molecule has 1 heterocycles. The maximum atomic E-state index is 12.7. The van der Waals surface area contributed by atoms with Crippen molar-refractivity contribution in [2.24, 2.45) is 10.8 Å². The van der Waals surface area contributed by atoms with E-state index in [1.54, 1.807) is 0 Å². The lowest BCUT2D eigenvalue weighted by molar-refractivity contribution is 0.0994. The van der Waals surface area contributed by atoms with Gasteiger partial charge in [0.1, 0.15) is 5.76 Å². The Kier molecular flexibility index (Phi) is 5.08. The third kappa shape index (κ3) is 3.62. The average Bonchev–Trinajstić information content (AvgIpc) is 2.94. The minimum absolute atomic E-state index is 0.110. The van der Waals surface area contributed by atoms with Crippen LogP contribution in [0.1, 0.15) is 51.4 Å². The van der Waals surface area contributed by atoms with E-state index in [9.17, 15) is 4.79 Å². The van der Waals surface area contributed by atoms with Crippen LogP contribution in [-0.2, 0) is 6.42 Å². The summed E-state index contributed by atoms with van der Waals surface area (Å²) in [5.74, 6) is 0.836. The first-order valence-corrected chi connectivity index (χ1v) is 8.91. The van der Waals surface area contributed by atoms with Crippen molar-refractivity contribution in [2.75, 3.05) is 5.32 Å². The molecule has 2 aromatic rings. The van der Waals surface area contributed by atoms with Crippen LogP contribution in [0.4, 0.5) is 5.69 Å². The van der Waals surface area contributed by atoms with Gasteiger partial charge in [-0.2, -0.15) is 5.10 Å². The Morgan fingerprint density at radius 2 is 2.00 bits per heavy atom. The summed E-state index contributed by atoms with van der Waals surface area (Å²) in [5.41, 5.74) is 13.6. The highest BCUT2D eigenvalue weighted by atomic mass is 32.1. The molecule has 0 spiro atoms. The van der Waals surface area contributed by atoms with Crippen LogP contribution in [0.3, 0.4) is 0 Å². The topological polar surface area (TPSA) is 92.6 Å². The van der Waals surface area contributed by atoms with Crippen LogP contribution >= 0.6 is 12.2 Å². The number of anilines is 1. The molecule has 7 heteroatoms. The van der Waals surface area contributed by atoms with Crippen LogP contribution in [0.2, 0.25) is 0 Å². The number of benzene rings is 1. The van der Waals surface area contributed by atoms with Crippen molar-refractivity contribution in [1.82, 2.24) is 5.43 Å². The first kappa shape index (κ1) is 18.1. The second-order valence-corrected chi connectivity index (χ2v) is 6.94. The molecule has 0 saturated carbocycles. The summed E-state index contributed by atoms with van der Waals surface area (Å²) in [7, 11) is 0. The fourth-order valence-corrected chi connectivity index (χ4v) is 3.17. The lowest BCUT2D eigenvalue weighted by Gasteiger charge is -2.13. The van der Waals surface area contributed by atoms with Crippen LogP contribution < -0.4 is 16.5 Å². The van der Waals surface area contributed by atoms with Gasteiger partial charge in [-0.05, 0) is 69.1 Å².